The Morgan fingerprint density at radius 3 is 2.65 bits per heavy atom. The standard InChI is InChI=1S/C13H6ClF2N3O/c14-9-4-10(15)8(3-11(9)16)13(20)19-12-2-1-7(5-17)6-18-12/h1-4,6H,(H,18,19,20). The van der Waals surface area contributed by atoms with E-state index in [4.69, 9.17) is 16.9 Å². The van der Waals surface area contributed by atoms with Crippen LogP contribution >= 0.6 is 11.6 Å². The van der Waals surface area contributed by atoms with Crippen LogP contribution in [-0.2, 0) is 0 Å². The van der Waals surface area contributed by atoms with Gasteiger partial charge < -0.3 is 5.32 Å². The van der Waals surface area contributed by atoms with Crippen LogP contribution in [0.2, 0.25) is 5.02 Å². The van der Waals surface area contributed by atoms with E-state index in [2.05, 4.69) is 10.3 Å². The van der Waals surface area contributed by atoms with Crippen molar-refractivity contribution < 1.29 is 13.6 Å². The van der Waals surface area contributed by atoms with Crippen LogP contribution in [0, 0.1) is 23.0 Å². The molecular weight excluding hydrogens is 288 g/mol. The van der Waals surface area contributed by atoms with Gasteiger partial charge in [-0.3, -0.25) is 4.79 Å². The highest BCUT2D eigenvalue weighted by molar-refractivity contribution is 6.30. The van der Waals surface area contributed by atoms with E-state index < -0.39 is 28.1 Å². The molecule has 20 heavy (non-hydrogen) atoms. The summed E-state index contributed by atoms with van der Waals surface area (Å²) in [7, 11) is 0. The number of rotatable bonds is 2. The largest absolute Gasteiger partial charge is 0.306 e. The molecule has 2 rings (SSSR count). The third kappa shape index (κ3) is 2.90. The second-order valence-corrected chi connectivity index (χ2v) is 4.15. The number of nitriles is 1. The fraction of sp³-hybridized carbons (Fsp3) is 0. The molecule has 1 heterocycles. The van der Waals surface area contributed by atoms with Crippen LogP contribution < -0.4 is 5.32 Å². The summed E-state index contributed by atoms with van der Waals surface area (Å²) in [6.45, 7) is 0. The van der Waals surface area contributed by atoms with E-state index in [0.29, 0.717) is 11.6 Å². The highest BCUT2D eigenvalue weighted by Gasteiger charge is 2.16. The lowest BCUT2D eigenvalue weighted by Crippen LogP contribution is -2.15. The first-order valence-corrected chi connectivity index (χ1v) is 5.71. The van der Waals surface area contributed by atoms with Crippen LogP contribution in [0.4, 0.5) is 14.6 Å². The number of nitrogens with one attached hydrogen (secondary N) is 1. The number of carbonyl (C=O) groups excluding carboxylic acids is 1. The Balaban J connectivity index is 2.24. The molecule has 2 aromatic rings. The topological polar surface area (TPSA) is 65.8 Å². The zero-order chi connectivity index (χ0) is 14.7. The highest BCUT2D eigenvalue weighted by atomic mass is 35.5. The molecule has 0 aliphatic heterocycles. The molecule has 1 aromatic heterocycles. The van der Waals surface area contributed by atoms with Crippen molar-refractivity contribution in [2.45, 2.75) is 0 Å². The third-order valence-electron chi connectivity index (χ3n) is 2.39. The van der Waals surface area contributed by atoms with Gasteiger partial charge in [-0.15, -0.1) is 0 Å². The van der Waals surface area contributed by atoms with E-state index >= 15 is 0 Å². The maximum absolute atomic E-state index is 13.5. The number of nitrogens with zero attached hydrogens (tertiary/aromatic N) is 2. The van der Waals surface area contributed by atoms with Crippen molar-refractivity contribution in [2.75, 3.05) is 5.32 Å². The van der Waals surface area contributed by atoms with E-state index in [9.17, 15) is 13.6 Å². The number of anilines is 1. The lowest BCUT2D eigenvalue weighted by Gasteiger charge is -2.06. The van der Waals surface area contributed by atoms with Crippen molar-refractivity contribution in [3.8, 4) is 6.07 Å². The van der Waals surface area contributed by atoms with Gasteiger partial charge in [0.15, 0.2) is 0 Å². The molecule has 0 saturated carbocycles. The van der Waals surface area contributed by atoms with Crippen LogP contribution in [0.5, 0.6) is 0 Å². The predicted molar refractivity (Wildman–Crippen MR) is 68.3 cm³/mol. The fourth-order valence-electron chi connectivity index (χ4n) is 1.41. The quantitative estimate of drug-likeness (QED) is 0.865. The summed E-state index contributed by atoms with van der Waals surface area (Å²) in [5, 5.41) is 10.5. The van der Waals surface area contributed by atoms with Crippen LogP contribution in [-0.4, -0.2) is 10.9 Å². The van der Waals surface area contributed by atoms with Crippen molar-refractivity contribution in [2.24, 2.45) is 0 Å². The summed E-state index contributed by atoms with van der Waals surface area (Å²) in [6, 6.07) is 6.10. The minimum absolute atomic E-state index is 0.115. The van der Waals surface area contributed by atoms with Gasteiger partial charge >= 0.3 is 0 Å². The Bertz CT molecular complexity index is 711. The lowest BCUT2D eigenvalue weighted by molar-refractivity contribution is 0.102. The number of pyridine rings is 1. The summed E-state index contributed by atoms with van der Waals surface area (Å²) in [4.78, 5) is 15.6. The normalized spacial score (nSPS) is 9.90. The van der Waals surface area contributed by atoms with Crippen molar-refractivity contribution in [3.05, 3.63) is 58.2 Å². The Hall–Kier alpha value is -2.52. The van der Waals surface area contributed by atoms with E-state index in [1.807, 2.05) is 6.07 Å². The molecule has 1 N–H and O–H groups in total. The van der Waals surface area contributed by atoms with Gasteiger partial charge in [0.25, 0.3) is 5.91 Å². The van der Waals surface area contributed by atoms with Crippen LogP contribution in [0.1, 0.15) is 15.9 Å². The first-order chi connectivity index (χ1) is 9.51. The SMILES string of the molecule is N#Cc1ccc(NC(=O)c2cc(F)c(Cl)cc2F)nc1. The molecule has 0 radical (unpaired) electrons. The van der Waals surface area contributed by atoms with Gasteiger partial charge in [-0.1, -0.05) is 11.6 Å². The zero-order valence-corrected chi connectivity index (χ0v) is 10.6. The van der Waals surface area contributed by atoms with Gasteiger partial charge in [0, 0.05) is 6.20 Å². The monoisotopic (exact) mass is 293 g/mol. The molecule has 0 spiro atoms. The summed E-state index contributed by atoms with van der Waals surface area (Å²) in [6.07, 6.45) is 1.24. The van der Waals surface area contributed by atoms with Crippen LogP contribution in [0.3, 0.4) is 0 Å². The minimum atomic E-state index is -0.942. The summed E-state index contributed by atoms with van der Waals surface area (Å²) >= 11 is 5.39. The van der Waals surface area contributed by atoms with E-state index in [-0.39, 0.29) is 5.82 Å². The number of hydrogen-bond donors (Lipinski definition) is 1. The average molecular weight is 294 g/mol. The van der Waals surface area contributed by atoms with Gasteiger partial charge in [0.05, 0.1) is 16.1 Å². The number of aromatic nitrogens is 1. The zero-order valence-electron chi connectivity index (χ0n) is 9.82. The summed E-state index contributed by atoms with van der Waals surface area (Å²) in [5.41, 5.74) is -0.176. The molecule has 0 aliphatic rings. The van der Waals surface area contributed by atoms with Gasteiger partial charge in [-0.2, -0.15) is 5.26 Å². The third-order valence-corrected chi connectivity index (χ3v) is 2.68. The number of benzene rings is 1. The van der Waals surface area contributed by atoms with E-state index in [1.54, 1.807) is 0 Å². The molecule has 0 saturated heterocycles. The maximum Gasteiger partial charge on any atom is 0.259 e. The van der Waals surface area contributed by atoms with Crippen molar-refractivity contribution in [1.29, 1.82) is 5.26 Å². The molecule has 0 atom stereocenters. The molecule has 0 aliphatic carbocycles. The molecule has 7 heteroatoms. The predicted octanol–water partition coefficient (Wildman–Crippen LogP) is 3.14. The molecular formula is C13H6ClF2N3O. The van der Waals surface area contributed by atoms with Gasteiger partial charge in [0.2, 0.25) is 0 Å². The highest BCUT2D eigenvalue weighted by Crippen LogP contribution is 2.20. The van der Waals surface area contributed by atoms with Crippen LogP contribution in [0.25, 0.3) is 0 Å². The molecule has 1 amide bonds. The first-order valence-electron chi connectivity index (χ1n) is 5.33. The Labute approximate surface area is 117 Å². The molecule has 0 unspecified atom stereocenters. The molecule has 4 nitrogen and oxygen atoms in total. The number of carbonyl (C=O) groups is 1. The second-order valence-electron chi connectivity index (χ2n) is 3.74. The first kappa shape index (κ1) is 13.9. The molecule has 1 aromatic carbocycles. The molecule has 0 fully saturated rings. The smallest absolute Gasteiger partial charge is 0.259 e. The Morgan fingerprint density at radius 1 is 1.30 bits per heavy atom. The van der Waals surface area contributed by atoms with Gasteiger partial charge in [-0.05, 0) is 24.3 Å². The summed E-state index contributed by atoms with van der Waals surface area (Å²) < 4.78 is 26.8. The number of halogens is 3. The van der Waals surface area contributed by atoms with Crippen molar-refractivity contribution in [1.82, 2.24) is 4.98 Å². The minimum Gasteiger partial charge on any atom is -0.306 e. The Morgan fingerprint density at radius 2 is 2.05 bits per heavy atom. The van der Waals surface area contributed by atoms with Crippen molar-refractivity contribution >= 4 is 23.3 Å². The van der Waals surface area contributed by atoms with E-state index in [0.717, 1.165) is 6.07 Å². The number of amides is 1. The van der Waals surface area contributed by atoms with E-state index in [1.165, 1.54) is 18.3 Å². The molecule has 0 bridgehead atoms. The fourth-order valence-corrected chi connectivity index (χ4v) is 1.56. The maximum atomic E-state index is 13.5. The summed E-state index contributed by atoms with van der Waals surface area (Å²) in [5.74, 6) is -2.59. The average Bonchev–Trinajstić information content (AvgIpc) is 2.43. The van der Waals surface area contributed by atoms with Gasteiger partial charge in [-0.25, -0.2) is 13.8 Å². The second kappa shape index (κ2) is 5.63. The number of hydrogen-bond acceptors (Lipinski definition) is 3. The molecule has 100 valence electrons. The van der Waals surface area contributed by atoms with Crippen molar-refractivity contribution in [3.63, 3.8) is 0 Å². The Kier molecular flexibility index (Phi) is 3.91. The lowest BCUT2D eigenvalue weighted by atomic mass is 10.2. The van der Waals surface area contributed by atoms with Crippen LogP contribution in [0.15, 0.2) is 30.5 Å². The van der Waals surface area contributed by atoms with Gasteiger partial charge in [0.1, 0.15) is 23.5 Å².